The SMILES string of the molecule is CC(C)(C)C(CCO)NC(=O)c1ccc(C#N)cc1. The van der Waals surface area contributed by atoms with Gasteiger partial charge in [-0.1, -0.05) is 20.8 Å². The van der Waals surface area contributed by atoms with Crippen LogP contribution in [0.2, 0.25) is 0 Å². The molecule has 4 heteroatoms. The maximum atomic E-state index is 12.1. The van der Waals surface area contributed by atoms with Gasteiger partial charge in [-0.15, -0.1) is 0 Å². The third-order valence-corrected chi connectivity index (χ3v) is 3.04. The van der Waals surface area contributed by atoms with Crippen molar-refractivity contribution < 1.29 is 9.90 Å². The van der Waals surface area contributed by atoms with Crippen molar-refractivity contribution in [3.63, 3.8) is 0 Å². The van der Waals surface area contributed by atoms with E-state index in [1.807, 2.05) is 26.8 Å². The minimum absolute atomic E-state index is 0.0373. The fraction of sp³-hybridized carbons (Fsp3) is 0.467. The predicted molar refractivity (Wildman–Crippen MR) is 73.6 cm³/mol. The predicted octanol–water partition coefficient (Wildman–Crippen LogP) is 2.09. The molecule has 0 aliphatic heterocycles. The summed E-state index contributed by atoms with van der Waals surface area (Å²) < 4.78 is 0. The Hall–Kier alpha value is -1.86. The molecular formula is C15H20N2O2. The number of hydrogen-bond acceptors (Lipinski definition) is 3. The number of nitrogens with zero attached hydrogens (tertiary/aromatic N) is 1. The Bertz CT molecular complexity index is 466. The Morgan fingerprint density at radius 1 is 1.37 bits per heavy atom. The highest BCUT2D eigenvalue weighted by molar-refractivity contribution is 5.94. The molecule has 0 saturated carbocycles. The van der Waals surface area contributed by atoms with Crippen molar-refractivity contribution in [2.75, 3.05) is 6.61 Å². The van der Waals surface area contributed by atoms with Gasteiger partial charge in [0.25, 0.3) is 5.91 Å². The normalized spacial score (nSPS) is 12.6. The summed E-state index contributed by atoms with van der Waals surface area (Å²) in [7, 11) is 0. The highest BCUT2D eigenvalue weighted by Gasteiger charge is 2.25. The van der Waals surface area contributed by atoms with Crippen LogP contribution in [0, 0.1) is 16.7 Å². The molecule has 19 heavy (non-hydrogen) atoms. The van der Waals surface area contributed by atoms with Gasteiger partial charge in [0.15, 0.2) is 0 Å². The molecule has 0 aliphatic rings. The number of carbonyl (C=O) groups excluding carboxylic acids is 1. The van der Waals surface area contributed by atoms with E-state index in [4.69, 9.17) is 10.4 Å². The van der Waals surface area contributed by atoms with Crippen LogP contribution in [0.3, 0.4) is 0 Å². The summed E-state index contributed by atoms with van der Waals surface area (Å²) in [6.45, 7) is 6.10. The molecule has 0 bridgehead atoms. The monoisotopic (exact) mass is 260 g/mol. The van der Waals surface area contributed by atoms with Gasteiger partial charge in [-0.05, 0) is 36.1 Å². The Balaban J connectivity index is 2.79. The fourth-order valence-corrected chi connectivity index (χ4v) is 1.79. The quantitative estimate of drug-likeness (QED) is 0.870. The first-order valence-corrected chi connectivity index (χ1v) is 6.30. The van der Waals surface area contributed by atoms with Crippen LogP contribution in [0.5, 0.6) is 0 Å². The van der Waals surface area contributed by atoms with Crippen molar-refractivity contribution in [2.24, 2.45) is 5.41 Å². The van der Waals surface area contributed by atoms with E-state index in [9.17, 15) is 4.79 Å². The van der Waals surface area contributed by atoms with Crippen LogP contribution in [0.4, 0.5) is 0 Å². The van der Waals surface area contributed by atoms with Crippen molar-refractivity contribution in [3.8, 4) is 6.07 Å². The van der Waals surface area contributed by atoms with E-state index in [2.05, 4.69) is 5.32 Å². The van der Waals surface area contributed by atoms with Crippen LogP contribution < -0.4 is 5.32 Å². The summed E-state index contributed by atoms with van der Waals surface area (Å²) in [6, 6.07) is 8.42. The highest BCUT2D eigenvalue weighted by atomic mass is 16.3. The van der Waals surface area contributed by atoms with Crippen LogP contribution >= 0.6 is 0 Å². The summed E-state index contributed by atoms with van der Waals surface area (Å²) >= 11 is 0. The van der Waals surface area contributed by atoms with E-state index < -0.39 is 0 Å². The molecule has 0 fully saturated rings. The molecule has 0 aromatic heterocycles. The average molecular weight is 260 g/mol. The third-order valence-electron chi connectivity index (χ3n) is 3.04. The molecular weight excluding hydrogens is 240 g/mol. The zero-order chi connectivity index (χ0) is 14.5. The van der Waals surface area contributed by atoms with Gasteiger partial charge in [0.05, 0.1) is 11.6 Å². The molecule has 1 amide bonds. The molecule has 4 nitrogen and oxygen atoms in total. The molecule has 1 atom stereocenters. The van der Waals surface area contributed by atoms with Crippen molar-refractivity contribution in [2.45, 2.75) is 33.2 Å². The summed E-state index contributed by atoms with van der Waals surface area (Å²) in [6.07, 6.45) is 0.519. The first-order chi connectivity index (χ1) is 8.88. The van der Waals surface area contributed by atoms with Gasteiger partial charge in [0, 0.05) is 18.2 Å². The molecule has 1 rings (SSSR count). The molecule has 1 aromatic rings. The molecule has 0 heterocycles. The van der Waals surface area contributed by atoms with E-state index in [1.165, 1.54) is 0 Å². The van der Waals surface area contributed by atoms with Crippen molar-refractivity contribution in [1.29, 1.82) is 5.26 Å². The van der Waals surface area contributed by atoms with Gasteiger partial charge in [0.1, 0.15) is 0 Å². The Kier molecular flexibility index (Phi) is 5.08. The molecule has 1 aromatic carbocycles. The maximum Gasteiger partial charge on any atom is 0.251 e. The summed E-state index contributed by atoms with van der Waals surface area (Å²) in [4.78, 5) is 12.1. The smallest absolute Gasteiger partial charge is 0.251 e. The van der Waals surface area contributed by atoms with E-state index in [1.54, 1.807) is 24.3 Å². The summed E-state index contributed by atoms with van der Waals surface area (Å²) in [5.41, 5.74) is 0.927. The fourth-order valence-electron chi connectivity index (χ4n) is 1.79. The van der Waals surface area contributed by atoms with E-state index >= 15 is 0 Å². The van der Waals surface area contributed by atoms with Crippen LogP contribution in [0.1, 0.15) is 43.1 Å². The number of nitrogens with one attached hydrogen (secondary N) is 1. The lowest BCUT2D eigenvalue weighted by atomic mass is 9.84. The highest BCUT2D eigenvalue weighted by Crippen LogP contribution is 2.22. The zero-order valence-corrected chi connectivity index (χ0v) is 11.6. The van der Waals surface area contributed by atoms with Gasteiger partial charge in [0.2, 0.25) is 0 Å². The topological polar surface area (TPSA) is 73.1 Å². The Labute approximate surface area is 114 Å². The standard InChI is InChI=1S/C15H20N2O2/c1-15(2,3)13(8-9-18)17-14(19)12-6-4-11(10-16)5-7-12/h4-7,13,18H,8-9H2,1-3H3,(H,17,19). The second-order valence-corrected chi connectivity index (χ2v) is 5.59. The minimum atomic E-state index is -0.183. The van der Waals surface area contributed by atoms with Gasteiger partial charge in [-0.2, -0.15) is 5.26 Å². The summed E-state index contributed by atoms with van der Waals surface area (Å²) in [5, 5.41) is 20.7. The Morgan fingerprint density at radius 2 is 1.95 bits per heavy atom. The number of aliphatic hydroxyl groups is 1. The average Bonchev–Trinajstić information content (AvgIpc) is 2.37. The molecule has 0 spiro atoms. The molecule has 0 radical (unpaired) electrons. The second-order valence-electron chi connectivity index (χ2n) is 5.59. The van der Waals surface area contributed by atoms with E-state index in [-0.39, 0.29) is 24.0 Å². The van der Waals surface area contributed by atoms with Crippen molar-refractivity contribution >= 4 is 5.91 Å². The molecule has 0 saturated heterocycles. The lowest BCUT2D eigenvalue weighted by molar-refractivity contribution is 0.0885. The number of benzene rings is 1. The number of hydrogen-bond donors (Lipinski definition) is 2. The zero-order valence-electron chi connectivity index (χ0n) is 11.6. The van der Waals surface area contributed by atoms with Crippen molar-refractivity contribution in [1.82, 2.24) is 5.32 Å². The third kappa shape index (κ3) is 4.38. The van der Waals surface area contributed by atoms with Gasteiger partial charge in [-0.25, -0.2) is 0 Å². The lowest BCUT2D eigenvalue weighted by Gasteiger charge is -2.31. The van der Waals surface area contributed by atoms with Crippen molar-refractivity contribution in [3.05, 3.63) is 35.4 Å². The molecule has 102 valence electrons. The minimum Gasteiger partial charge on any atom is -0.396 e. The van der Waals surface area contributed by atoms with E-state index in [0.29, 0.717) is 17.5 Å². The number of amides is 1. The van der Waals surface area contributed by atoms with Crippen LogP contribution in [0.25, 0.3) is 0 Å². The molecule has 1 unspecified atom stereocenters. The first-order valence-electron chi connectivity index (χ1n) is 6.30. The van der Waals surface area contributed by atoms with Crippen LogP contribution in [-0.2, 0) is 0 Å². The summed E-state index contributed by atoms with van der Waals surface area (Å²) in [5.74, 6) is -0.183. The van der Waals surface area contributed by atoms with Gasteiger partial charge >= 0.3 is 0 Å². The molecule has 2 N–H and O–H groups in total. The number of rotatable bonds is 4. The number of nitriles is 1. The molecule has 0 aliphatic carbocycles. The van der Waals surface area contributed by atoms with Gasteiger partial charge < -0.3 is 10.4 Å². The number of carbonyl (C=O) groups is 1. The lowest BCUT2D eigenvalue weighted by Crippen LogP contribution is -2.44. The second kappa shape index (κ2) is 6.35. The maximum absolute atomic E-state index is 12.1. The largest absolute Gasteiger partial charge is 0.396 e. The van der Waals surface area contributed by atoms with Crippen LogP contribution in [0.15, 0.2) is 24.3 Å². The Morgan fingerprint density at radius 3 is 2.37 bits per heavy atom. The van der Waals surface area contributed by atoms with E-state index in [0.717, 1.165) is 0 Å². The van der Waals surface area contributed by atoms with Gasteiger partial charge in [-0.3, -0.25) is 4.79 Å². The number of aliphatic hydroxyl groups excluding tert-OH is 1. The first kappa shape index (κ1) is 15.2. The van der Waals surface area contributed by atoms with Crippen LogP contribution in [-0.4, -0.2) is 23.7 Å².